The molecule has 2 aromatic carbocycles. The van der Waals surface area contributed by atoms with Gasteiger partial charge in [0, 0.05) is 37.1 Å². The van der Waals surface area contributed by atoms with Crippen LogP contribution in [-0.2, 0) is 33.8 Å². The fourth-order valence-electron chi connectivity index (χ4n) is 4.09. The Kier molecular flexibility index (Phi) is 5.35. The molecule has 0 bridgehead atoms. The second-order valence-corrected chi connectivity index (χ2v) is 7.85. The number of Topliss-reactive ketones (excluding diaryl/α,β-unsaturated/α-hetero) is 1. The molecule has 7 nitrogen and oxygen atoms in total. The van der Waals surface area contributed by atoms with Crippen LogP contribution >= 0.6 is 0 Å². The van der Waals surface area contributed by atoms with E-state index in [1.165, 1.54) is 4.90 Å². The Morgan fingerprint density at radius 3 is 2.70 bits per heavy atom. The van der Waals surface area contributed by atoms with Gasteiger partial charge >= 0.3 is 0 Å². The van der Waals surface area contributed by atoms with Crippen molar-refractivity contribution in [3.63, 3.8) is 0 Å². The van der Waals surface area contributed by atoms with Gasteiger partial charge in [-0.25, -0.2) is 0 Å². The number of nitrogen functional groups attached to an aromatic ring is 1. The van der Waals surface area contributed by atoms with E-state index in [1.54, 1.807) is 12.1 Å². The summed E-state index contributed by atoms with van der Waals surface area (Å²) in [4.78, 5) is 50.1. The van der Waals surface area contributed by atoms with Gasteiger partial charge in [0.1, 0.15) is 11.8 Å². The molecule has 1 saturated heterocycles. The molecule has 154 valence electrons. The van der Waals surface area contributed by atoms with Crippen molar-refractivity contribution in [2.75, 3.05) is 5.73 Å². The molecule has 1 unspecified atom stereocenters. The lowest BCUT2D eigenvalue weighted by Crippen LogP contribution is -2.52. The first-order valence-corrected chi connectivity index (χ1v) is 10.0. The van der Waals surface area contributed by atoms with Gasteiger partial charge in [-0.05, 0) is 47.7 Å². The second kappa shape index (κ2) is 8.10. The van der Waals surface area contributed by atoms with Crippen LogP contribution in [0, 0.1) is 0 Å². The fourth-order valence-corrected chi connectivity index (χ4v) is 4.09. The fraction of sp³-hybridized carbons (Fsp3) is 0.304. The van der Waals surface area contributed by atoms with Crippen LogP contribution in [0.25, 0.3) is 0 Å². The van der Waals surface area contributed by atoms with Crippen molar-refractivity contribution in [3.8, 4) is 0 Å². The summed E-state index contributed by atoms with van der Waals surface area (Å²) in [7, 11) is 0. The molecule has 2 aliphatic heterocycles. The Hall–Kier alpha value is -3.48. The minimum absolute atomic E-state index is 0.127. The number of nitrogens with zero attached hydrogens (tertiary/aromatic N) is 1. The molecule has 30 heavy (non-hydrogen) atoms. The van der Waals surface area contributed by atoms with Crippen LogP contribution in [0.5, 0.6) is 0 Å². The number of amides is 3. The van der Waals surface area contributed by atoms with Gasteiger partial charge in [-0.15, -0.1) is 0 Å². The summed E-state index contributed by atoms with van der Waals surface area (Å²) in [5.74, 6) is -0.781. The number of benzene rings is 2. The Balaban J connectivity index is 1.38. The molecule has 2 heterocycles. The third-order valence-electron chi connectivity index (χ3n) is 5.63. The molecule has 1 fully saturated rings. The highest BCUT2D eigenvalue weighted by Gasteiger charge is 2.39. The molecule has 0 aromatic heterocycles. The average molecular weight is 405 g/mol. The highest BCUT2D eigenvalue weighted by molar-refractivity contribution is 6.05. The maximum atomic E-state index is 12.7. The molecule has 3 N–H and O–H groups in total. The van der Waals surface area contributed by atoms with Crippen molar-refractivity contribution in [1.82, 2.24) is 10.2 Å². The normalized spacial score (nSPS) is 18.3. The van der Waals surface area contributed by atoms with Crippen LogP contribution in [-0.4, -0.2) is 34.4 Å². The summed E-state index contributed by atoms with van der Waals surface area (Å²) < 4.78 is 0. The van der Waals surface area contributed by atoms with Gasteiger partial charge < -0.3 is 10.6 Å². The molecule has 4 rings (SSSR count). The summed E-state index contributed by atoms with van der Waals surface area (Å²) in [5, 5.41) is 2.30. The van der Waals surface area contributed by atoms with E-state index in [-0.39, 0.29) is 24.0 Å². The largest absolute Gasteiger partial charge is 0.399 e. The number of piperidine rings is 1. The number of hydrogen-bond donors (Lipinski definition) is 2. The molecular weight excluding hydrogens is 382 g/mol. The van der Waals surface area contributed by atoms with Gasteiger partial charge in [-0.1, -0.05) is 24.3 Å². The Bertz CT molecular complexity index is 1050. The zero-order valence-corrected chi connectivity index (χ0v) is 16.5. The van der Waals surface area contributed by atoms with Crippen LogP contribution in [0.1, 0.15) is 46.3 Å². The quantitative estimate of drug-likeness (QED) is 0.562. The molecule has 0 spiro atoms. The smallest absolute Gasteiger partial charge is 0.255 e. The first-order valence-electron chi connectivity index (χ1n) is 10.0. The van der Waals surface area contributed by atoms with Crippen molar-refractivity contribution in [1.29, 1.82) is 0 Å². The lowest BCUT2D eigenvalue weighted by molar-refractivity contribution is -0.137. The Morgan fingerprint density at radius 2 is 1.93 bits per heavy atom. The van der Waals surface area contributed by atoms with Crippen LogP contribution in [0.2, 0.25) is 0 Å². The van der Waals surface area contributed by atoms with E-state index >= 15 is 0 Å². The number of hydrogen-bond acceptors (Lipinski definition) is 5. The number of nitrogens with two attached hydrogens (primary N) is 1. The first-order chi connectivity index (χ1) is 14.4. The molecule has 2 aromatic rings. The molecule has 1 atom stereocenters. The number of aryl methyl sites for hydroxylation is 1. The highest BCUT2D eigenvalue weighted by Crippen LogP contribution is 2.28. The van der Waals surface area contributed by atoms with E-state index in [9.17, 15) is 19.2 Å². The monoisotopic (exact) mass is 405 g/mol. The maximum Gasteiger partial charge on any atom is 0.255 e. The van der Waals surface area contributed by atoms with Gasteiger partial charge in [0.25, 0.3) is 5.91 Å². The maximum absolute atomic E-state index is 12.7. The van der Waals surface area contributed by atoms with Crippen molar-refractivity contribution in [3.05, 3.63) is 64.7 Å². The van der Waals surface area contributed by atoms with E-state index < -0.39 is 11.9 Å². The van der Waals surface area contributed by atoms with E-state index in [0.29, 0.717) is 43.5 Å². The Labute approximate surface area is 174 Å². The van der Waals surface area contributed by atoms with Crippen LogP contribution < -0.4 is 11.1 Å². The average Bonchev–Trinajstić information content (AvgIpc) is 3.02. The van der Waals surface area contributed by atoms with Gasteiger partial charge in [0.05, 0.1) is 0 Å². The second-order valence-electron chi connectivity index (χ2n) is 7.85. The predicted molar refractivity (Wildman–Crippen MR) is 110 cm³/mol. The molecule has 0 aliphatic carbocycles. The van der Waals surface area contributed by atoms with Crippen LogP contribution in [0.15, 0.2) is 42.5 Å². The van der Waals surface area contributed by atoms with E-state index in [2.05, 4.69) is 5.32 Å². The minimum atomic E-state index is -0.620. The van der Waals surface area contributed by atoms with E-state index in [0.717, 1.165) is 16.7 Å². The number of anilines is 1. The predicted octanol–water partition coefficient (Wildman–Crippen LogP) is 1.77. The van der Waals surface area contributed by atoms with E-state index in [1.807, 2.05) is 30.3 Å². The number of fused-ring (bicyclic) bond motifs is 1. The zero-order chi connectivity index (χ0) is 21.3. The number of carbonyl (C=O) groups excluding carboxylic acids is 4. The number of imide groups is 1. The standard InChI is InChI=1S/C23H23N3O4/c24-17-3-1-2-15(11-17)12-18(27)6-4-14-5-7-19-16(10-14)13-26(23(19)30)20-8-9-21(28)25-22(20)29/h1-3,5,7,10-11,20H,4,6,8-9,12-13,24H2,(H,25,28,29). The molecular formula is C23H23N3O4. The summed E-state index contributed by atoms with van der Waals surface area (Å²) in [6.45, 7) is 0.339. The number of rotatable bonds is 6. The molecule has 7 heteroatoms. The molecule has 2 aliphatic rings. The van der Waals surface area contributed by atoms with Gasteiger partial charge in [0.15, 0.2) is 0 Å². The van der Waals surface area contributed by atoms with Gasteiger partial charge in [-0.3, -0.25) is 24.5 Å². The summed E-state index contributed by atoms with van der Waals surface area (Å²) in [6, 6.07) is 12.3. The summed E-state index contributed by atoms with van der Waals surface area (Å²) in [5.41, 5.74) is 9.71. The van der Waals surface area contributed by atoms with Crippen molar-refractivity contribution in [2.24, 2.45) is 0 Å². The molecule has 0 radical (unpaired) electrons. The van der Waals surface area contributed by atoms with Crippen LogP contribution in [0.4, 0.5) is 5.69 Å². The lowest BCUT2D eigenvalue weighted by atomic mass is 9.99. The topological polar surface area (TPSA) is 110 Å². The lowest BCUT2D eigenvalue weighted by Gasteiger charge is -2.29. The zero-order valence-electron chi connectivity index (χ0n) is 16.5. The van der Waals surface area contributed by atoms with Crippen molar-refractivity contribution < 1.29 is 19.2 Å². The van der Waals surface area contributed by atoms with Gasteiger partial charge in [0.2, 0.25) is 11.8 Å². The first kappa shape index (κ1) is 19.8. The van der Waals surface area contributed by atoms with Crippen LogP contribution in [0.3, 0.4) is 0 Å². The van der Waals surface area contributed by atoms with E-state index in [4.69, 9.17) is 5.73 Å². The third kappa shape index (κ3) is 4.10. The third-order valence-corrected chi connectivity index (χ3v) is 5.63. The minimum Gasteiger partial charge on any atom is -0.399 e. The number of ketones is 1. The Morgan fingerprint density at radius 1 is 1.10 bits per heavy atom. The molecule has 3 amide bonds. The molecule has 0 saturated carbocycles. The highest BCUT2D eigenvalue weighted by atomic mass is 16.2. The number of nitrogens with one attached hydrogen (secondary N) is 1. The van der Waals surface area contributed by atoms with Crippen molar-refractivity contribution >= 4 is 29.2 Å². The summed E-state index contributed by atoms with van der Waals surface area (Å²) in [6.07, 6.45) is 1.91. The summed E-state index contributed by atoms with van der Waals surface area (Å²) >= 11 is 0. The SMILES string of the molecule is Nc1cccc(CC(=O)CCc2ccc3c(c2)CN(C2CCC(=O)NC2=O)C3=O)c1. The van der Waals surface area contributed by atoms with Gasteiger partial charge in [-0.2, -0.15) is 0 Å². The number of carbonyl (C=O) groups is 4. The van der Waals surface area contributed by atoms with Crippen molar-refractivity contribution in [2.45, 2.75) is 44.7 Å².